The van der Waals surface area contributed by atoms with Gasteiger partial charge in [0.2, 0.25) is 0 Å². The van der Waals surface area contributed by atoms with E-state index in [4.69, 9.17) is 9.84 Å². The molecular weight excluding hydrogens is 218 g/mol. The molecule has 1 aromatic carbocycles. The van der Waals surface area contributed by atoms with E-state index in [1.165, 1.54) is 0 Å². The lowest BCUT2D eigenvalue weighted by Gasteiger charge is -2.03. The van der Waals surface area contributed by atoms with Crippen LogP contribution in [0.3, 0.4) is 0 Å². The van der Waals surface area contributed by atoms with Gasteiger partial charge in [-0.1, -0.05) is 12.1 Å². The molecule has 0 aliphatic carbocycles. The molecule has 4 nitrogen and oxygen atoms in total. The molecule has 0 spiro atoms. The van der Waals surface area contributed by atoms with E-state index in [0.29, 0.717) is 5.75 Å². The zero-order valence-corrected chi connectivity index (χ0v) is 9.25. The van der Waals surface area contributed by atoms with Crippen molar-refractivity contribution in [3.63, 3.8) is 0 Å². The molecule has 0 aliphatic heterocycles. The molecule has 2 rings (SSSR count). The molecular formula is C13H11NO3. The maximum absolute atomic E-state index is 10.7. The average Bonchev–Trinajstić information content (AvgIpc) is 2.39. The highest BCUT2D eigenvalue weighted by Gasteiger charge is 2.04. The summed E-state index contributed by atoms with van der Waals surface area (Å²) in [5, 5.41) is 8.78. The van der Waals surface area contributed by atoms with E-state index in [0.717, 1.165) is 11.3 Å². The van der Waals surface area contributed by atoms with Crippen molar-refractivity contribution < 1.29 is 14.6 Å². The van der Waals surface area contributed by atoms with E-state index in [2.05, 4.69) is 4.98 Å². The highest BCUT2D eigenvalue weighted by molar-refractivity contribution is 5.88. The number of pyridine rings is 1. The molecule has 1 N–H and O–H groups in total. The van der Waals surface area contributed by atoms with Gasteiger partial charge in [0.25, 0.3) is 0 Å². The van der Waals surface area contributed by atoms with Crippen LogP contribution in [0, 0.1) is 0 Å². The minimum absolute atomic E-state index is 0.266. The molecule has 0 radical (unpaired) electrons. The van der Waals surface area contributed by atoms with Gasteiger partial charge in [0.15, 0.2) is 0 Å². The monoisotopic (exact) mass is 229 g/mol. The first-order valence-corrected chi connectivity index (χ1v) is 5.04. The SMILES string of the molecule is COc1ccc(-c2ccc(C(=O)O)cc2)nc1. The Bertz CT molecular complexity index is 517. The summed E-state index contributed by atoms with van der Waals surface area (Å²) in [4.78, 5) is 14.9. The van der Waals surface area contributed by atoms with E-state index in [-0.39, 0.29) is 5.56 Å². The molecule has 0 amide bonds. The van der Waals surface area contributed by atoms with Crippen molar-refractivity contribution in [2.24, 2.45) is 0 Å². The standard InChI is InChI=1S/C13H11NO3/c1-17-11-6-7-12(14-8-11)9-2-4-10(5-3-9)13(15)16/h2-8H,1H3,(H,15,16). The van der Waals surface area contributed by atoms with Crippen LogP contribution in [0.1, 0.15) is 10.4 Å². The number of aromatic nitrogens is 1. The summed E-state index contributed by atoms with van der Waals surface area (Å²) in [6, 6.07) is 10.2. The van der Waals surface area contributed by atoms with Gasteiger partial charge in [-0.05, 0) is 24.3 Å². The third-order valence-electron chi connectivity index (χ3n) is 2.40. The second-order valence-corrected chi connectivity index (χ2v) is 3.47. The summed E-state index contributed by atoms with van der Waals surface area (Å²) >= 11 is 0. The van der Waals surface area contributed by atoms with Crippen LogP contribution < -0.4 is 4.74 Å². The van der Waals surface area contributed by atoms with E-state index in [1.54, 1.807) is 37.6 Å². The predicted molar refractivity (Wildman–Crippen MR) is 63.2 cm³/mol. The van der Waals surface area contributed by atoms with E-state index >= 15 is 0 Å². The van der Waals surface area contributed by atoms with Crippen molar-refractivity contribution in [1.29, 1.82) is 0 Å². The number of carboxylic acid groups (broad SMARTS) is 1. The molecule has 0 unspecified atom stereocenters. The second kappa shape index (κ2) is 4.65. The molecule has 0 atom stereocenters. The molecule has 1 heterocycles. The highest BCUT2D eigenvalue weighted by atomic mass is 16.5. The average molecular weight is 229 g/mol. The van der Waals surface area contributed by atoms with Gasteiger partial charge in [-0.25, -0.2) is 4.79 Å². The van der Waals surface area contributed by atoms with Crippen LogP contribution in [0.5, 0.6) is 5.75 Å². The van der Waals surface area contributed by atoms with E-state index < -0.39 is 5.97 Å². The van der Waals surface area contributed by atoms with Crippen LogP contribution >= 0.6 is 0 Å². The zero-order valence-electron chi connectivity index (χ0n) is 9.25. The molecule has 17 heavy (non-hydrogen) atoms. The van der Waals surface area contributed by atoms with Crippen LogP contribution in [0.4, 0.5) is 0 Å². The number of benzene rings is 1. The number of carboxylic acids is 1. The fraction of sp³-hybridized carbons (Fsp3) is 0.0769. The van der Waals surface area contributed by atoms with Crippen molar-refractivity contribution in [3.8, 4) is 17.0 Å². The van der Waals surface area contributed by atoms with Crippen LogP contribution in [0.15, 0.2) is 42.6 Å². The molecule has 0 saturated carbocycles. The molecule has 4 heteroatoms. The normalized spacial score (nSPS) is 9.94. The Morgan fingerprint density at radius 3 is 2.35 bits per heavy atom. The van der Waals surface area contributed by atoms with Crippen molar-refractivity contribution in [2.45, 2.75) is 0 Å². The quantitative estimate of drug-likeness (QED) is 0.878. The number of nitrogens with zero attached hydrogens (tertiary/aromatic N) is 1. The first-order valence-electron chi connectivity index (χ1n) is 5.04. The lowest BCUT2D eigenvalue weighted by molar-refractivity contribution is 0.0697. The van der Waals surface area contributed by atoms with Crippen LogP contribution in [-0.4, -0.2) is 23.2 Å². The van der Waals surface area contributed by atoms with Gasteiger partial charge < -0.3 is 9.84 Å². The molecule has 1 aromatic heterocycles. The number of hydrogen-bond acceptors (Lipinski definition) is 3. The summed E-state index contributed by atoms with van der Waals surface area (Å²) in [7, 11) is 1.58. The maximum atomic E-state index is 10.7. The highest BCUT2D eigenvalue weighted by Crippen LogP contribution is 2.19. The fourth-order valence-corrected chi connectivity index (χ4v) is 1.46. The van der Waals surface area contributed by atoms with Gasteiger partial charge >= 0.3 is 5.97 Å². The lowest BCUT2D eigenvalue weighted by Crippen LogP contribution is -1.95. The third-order valence-corrected chi connectivity index (χ3v) is 2.40. The Kier molecular flexibility index (Phi) is 3.05. The fourth-order valence-electron chi connectivity index (χ4n) is 1.46. The van der Waals surface area contributed by atoms with Gasteiger partial charge in [-0.2, -0.15) is 0 Å². The Morgan fingerprint density at radius 1 is 1.18 bits per heavy atom. The minimum atomic E-state index is -0.931. The van der Waals surface area contributed by atoms with Crippen molar-refractivity contribution in [2.75, 3.05) is 7.11 Å². The van der Waals surface area contributed by atoms with Crippen molar-refractivity contribution in [1.82, 2.24) is 4.98 Å². The first kappa shape index (κ1) is 11.1. The first-order chi connectivity index (χ1) is 8.20. The Labute approximate surface area is 98.5 Å². The number of aromatic carboxylic acids is 1. The molecule has 0 aliphatic rings. The summed E-state index contributed by atoms with van der Waals surface area (Å²) in [5.74, 6) is -0.241. The largest absolute Gasteiger partial charge is 0.495 e. The van der Waals surface area contributed by atoms with Gasteiger partial charge in [0.1, 0.15) is 5.75 Å². The zero-order chi connectivity index (χ0) is 12.3. The minimum Gasteiger partial charge on any atom is -0.495 e. The molecule has 86 valence electrons. The third kappa shape index (κ3) is 2.42. The smallest absolute Gasteiger partial charge is 0.335 e. The topological polar surface area (TPSA) is 59.4 Å². The van der Waals surface area contributed by atoms with Crippen LogP contribution in [-0.2, 0) is 0 Å². The van der Waals surface area contributed by atoms with Gasteiger partial charge in [-0.15, -0.1) is 0 Å². The lowest BCUT2D eigenvalue weighted by atomic mass is 10.1. The van der Waals surface area contributed by atoms with Crippen molar-refractivity contribution in [3.05, 3.63) is 48.2 Å². The van der Waals surface area contributed by atoms with E-state index in [1.807, 2.05) is 12.1 Å². The molecule has 2 aromatic rings. The predicted octanol–water partition coefficient (Wildman–Crippen LogP) is 2.46. The van der Waals surface area contributed by atoms with Crippen molar-refractivity contribution >= 4 is 5.97 Å². The number of rotatable bonds is 3. The Hall–Kier alpha value is -2.36. The summed E-state index contributed by atoms with van der Waals surface area (Å²) < 4.78 is 5.02. The van der Waals surface area contributed by atoms with Crippen LogP contribution in [0.25, 0.3) is 11.3 Å². The number of carbonyl (C=O) groups is 1. The van der Waals surface area contributed by atoms with Crippen LogP contribution in [0.2, 0.25) is 0 Å². The molecule has 0 bridgehead atoms. The number of methoxy groups -OCH3 is 1. The number of ether oxygens (including phenoxy) is 1. The van der Waals surface area contributed by atoms with E-state index in [9.17, 15) is 4.79 Å². The molecule has 0 fully saturated rings. The van der Waals surface area contributed by atoms with Gasteiger partial charge in [0.05, 0.1) is 24.6 Å². The second-order valence-electron chi connectivity index (χ2n) is 3.47. The Morgan fingerprint density at radius 2 is 1.88 bits per heavy atom. The number of hydrogen-bond donors (Lipinski definition) is 1. The van der Waals surface area contributed by atoms with Gasteiger partial charge in [-0.3, -0.25) is 4.98 Å². The molecule has 0 saturated heterocycles. The summed E-state index contributed by atoms with van der Waals surface area (Å²) in [6.07, 6.45) is 1.63. The summed E-state index contributed by atoms with van der Waals surface area (Å²) in [5.41, 5.74) is 1.92. The maximum Gasteiger partial charge on any atom is 0.335 e. The van der Waals surface area contributed by atoms with Gasteiger partial charge in [0, 0.05) is 5.56 Å². The Balaban J connectivity index is 2.29. The summed E-state index contributed by atoms with van der Waals surface area (Å²) in [6.45, 7) is 0.